The van der Waals surface area contributed by atoms with E-state index < -0.39 is 0 Å². The van der Waals surface area contributed by atoms with Crippen molar-refractivity contribution in [3.05, 3.63) is 11.3 Å². The van der Waals surface area contributed by atoms with Crippen LogP contribution in [-0.4, -0.2) is 6.47 Å². The van der Waals surface area contributed by atoms with Crippen molar-refractivity contribution < 1.29 is 9.53 Å². The topological polar surface area (TPSA) is 26.3 Å². The van der Waals surface area contributed by atoms with Crippen molar-refractivity contribution in [1.82, 2.24) is 0 Å². The van der Waals surface area contributed by atoms with Crippen molar-refractivity contribution in [1.29, 1.82) is 0 Å². The summed E-state index contributed by atoms with van der Waals surface area (Å²) in [7, 11) is 0. The van der Waals surface area contributed by atoms with Gasteiger partial charge >= 0.3 is 0 Å². The average Bonchev–Trinajstić information content (AvgIpc) is 2.11. The maximum atomic E-state index is 10.2. The molecule has 0 radical (unpaired) electrons. The van der Waals surface area contributed by atoms with Gasteiger partial charge in [-0.3, -0.25) is 4.79 Å². The van der Waals surface area contributed by atoms with Gasteiger partial charge < -0.3 is 4.74 Å². The van der Waals surface area contributed by atoms with Crippen LogP contribution in [0.2, 0.25) is 0 Å². The lowest BCUT2D eigenvalue weighted by Gasteiger charge is -2.10. The molecule has 0 aromatic rings. The van der Waals surface area contributed by atoms with E-state index in [1.54, 1.807) is 0 Å². The Balaban J connectivity index is 3.98. The molecule has 0 bridgehead atoms. The Kier molecular flexibility index (Phi) is 6.29. The molecule has 0 aliphatic carbocycles. The fourth-order valence-electron chi connectivity index (χ4n) is 1.07. The third-order valence-electron chi connectivity index (χ3n) is 2.31. The normalized spacial score (nSPS) is 12.0. The van der Waals surface area contributed by atoms with E-state index in [9.17, 15) is 4.79 Å². The Morgan fingerprint density at radius 1 is 1.46 bits per heavy atom. The highest BCUT2D eigenvalue weighted by Gasteiger charge is 2.04. The van der Waals surface area contributed by atoms with Crippen LogP contribution in [0.25, 0.3) is 0 Å². The molecule has 0 fully saturated rings. The quantitative estimate of drug-likeness (QED) is 0.467. The van der Waals surface area contributed by atoms with Crippen LogP contribution in [-0.2, 0) is 9.53 Å². The van der Waals surface area contributed by atoms with Crippen LogP contribution >= 0.6 is 0 Å². The van der Waals surface area contributed by atoms with E-state index in [2.05, 4.69) is 13.8 Å². The first-order valence-corrected chi connectivity index (χ1v) is 4.88. The number of hydrogen-bond acceptors (Lipinski definition) is 2. The van der Waals surface area contributed by atoms with Crippen molar-refractivity contribution in [3.63, 3.8) is 0 Å². The molecule has 0 saturated carbocycles. The molecule has 1 atom stereocenters. The Labute approximate surface area is 81.0 Å². The van der Waals surface area contributed by atoms with Gasteiger partial charge in [0, 0.05) is 6.42 Å². The van der Waals surface area contributed by atoms with Gasteiger partial charge in [0.15, 0.2) is 0 Å². The van der Waals surface area contributed by atoms with Crippen molar-refractivity contribution in [2.45, 2.75) is 47.0 Å². The molecule has 0 spiro atoms. The molecule has 0 saturated heterocycles. The van der Waals surface area contributed by atoms with Gasteiger partial charge in [-0.1, -0.05) is 20.3 Å². The molecule has 2 heteroatoms. The van der Waals surface area contributed by atoms with Gasteiger partial charge in [-0.25, -0.2) is 0 Å². The van der Waals surface area contributed by atoms with Gasteiger partial charge in [0.2, 0.25) is 0 Å². The van der Waals surface area contributed by atoms with E-state index in [1.807, 2.05) is 13.8 Å². The Bertz CT molecular complexity index is 179. The van der Waals surface area contributed by atoms with Crippen LogP contribution in [0.15, 0.2) is 11.3 Å². The SMILES string of the molecule is CCC(C)CCC(OC=O)=C(C)C. The molecule has 0 aromatic carbocycles. The largest absolute Gasteiger partial charge is 0.433 e. The van der Waals surface area contributed by atoms with Gasteiger partial charge in [0.05, 0.1) is 0 Å². The molecule has 0 aromatic heterocycles. The molecule has 13 heavy (non-hydrogen) atoms. The van der Waals surface area contributed by atoms with Crippen molar-refractivity contribution in [2.24, 2.45) is 5.92 Å². The first-order chi connectivity index (χ1) is 6.11. The van der Waals surface area contributed by atoms with Gasteiger partial charge in [-0.05, 0) is 31.8 Å². The van der Waals surface area contributed by atoms with Crippen LogP contribution in [0, 0.1) is 5.92 Å². The number of ether oxygens (including phenoxy) is 1. The summed E-state index contributed by atoms with van der Waals surface area (Å²) in [6.07, 6.45) is 3.14. The summed E-state index contributed by atoms with van der Waals surface area (Å²) in [6.45, 7) is 8.83. The summed E-state index contributed by atoms with van der Waals surface area (Å²) in [5.74, 6) is 1.53. The second-order valence-corrected chi connectivity index (χ2v) is 3.69. The minimum Gasteiger partial charge on any atom is -0.433 e. The Morgan fingerprint density at radius 2 is 2.08 bits per heavy atom. The third kappa shape index (κ3) is 5.45. The maximum absolute atomic E-state index is 10.2. The van der Waals surface area contributed by atoms with Crippen molar-refractivity contribution in [3.8, 4) is 0 Å². The van der Waals surface area contributed by atoms with Crippen LogP contribution in [0.3, 0.4) is 0 Å². The molecule has 0 N–H and O–H groups in total. The predicted octanol–water partition coefficient (Wildman–Crippen LogP) is 3.28. The van der Waals surface area contributed by atoms with Gasteiger partial charge in [0.25, 0.3) is 6.47 Å². The fraction of sp³-hybridized carbons (Fsp3) is 0.727. The third-order valence-corrected chi connectivity index (χ3v) is 2.31. The van der Waals surface area contributed by atoms with Crippen molar-refractivity contribution in [2.75, 3.05) is 0 Å². The molecule has 76 valence electrons. The minimum atomic E-state index is 0.513. The number of carbonyl (C=O) groups is 1. The summed E-state index contributed by atoms with van der Waals surface area (Å²) in [5.41, 5.74) is 1.09. The van der Waals surface area contributed by atoms with E-state index in [-0.39, 0.29) is 0 Å². The molecule has 1 unspecified atom stereocenters. The lowest BCUT2D eigenvalue weighted by molar-refractivity contribution is -0.125. The zero-order valence-corrected chi connectivity index (χ0v) is 9.09. The summed E-state index contributed by atoms with van der Waals surface area (Å²) in [4.78, 5) is 10.2. The minimum absolute atomic E-state index is 0.513. The summed E-state index contributed by atoms with van der Waals surface area (Å²) < 4.78 is 4.90. The molecular weight excluding hydrogens is 164 g/mol. The molecule has 0 aliphatic heterocycles. The zero-order chi connectivity index (χ0) is 10.3. The Hall–Kier alpha value is -0.790. The predicted molar refractivity (Wildman–Crippen MR) is 54.2 cm³/mol. The number of rotatable bonds is 6. The smallest absolute Gasteiger partial charge is 0.298 e. The molecule has 0 amide bonds. The number of carbonyl (C=O) groups excluding carboxylic acids is 1. The van der Waals surface area contributed by atoms with Crippen LogP contribution in [0.4, 0.5) is 0 Å². The maximum Gasteiger partial charge on any atom is 0.298 e. The average molecular weight is 184 g/mol. The van der Waals surface area contributed by atoms with Crippen molar-refractivity contribution >= 4 is 6.47 Å². The van der Waals surface area contributed by atoms with Gasteiger partial charge in [-0.15, -0.1) is 0 Å². The fourth-order valence-corrected chi connectivity index (χ4v) is 1.07. The highest BCUT2D eigenvalue weighted by atomic mass is 16.5. The highest BCUT2D eigenvalue weighted by molar-refractivity contribution is 5.40. The molecule has 0 aliphatic rings. The molecule has 0 rings (SSSR count). The van der Waals surface area contributed by atoms with E-state index in [1.165, 1.54) is 6.42 Å². The molecular formula is C11H20O2. The molecule has 2 nitrogen and oxygen atoms in total. The summed E-state index contributed by atoms with van der Waals surface area (Å²) in [6, 6.07) is 0. The van der Waals surface area contributed by atoms with E-state index >= 15 is 0 Å². The summed E-state index contributed by atoms with van der Waals surface area (Å²) >= 11 is 0. The first-order valence-electron chi connectivity index (χ1n) is 4.88. The standard InChI is InChI=1S/C11H20O2/c1-5-10(4)6-7-11(9(2)3)13-8-12/h8,10H,5-7H2,1-4H3. The summed E-state index contributed by atoms with van der Waals surface area (Å²) in [5, 5.41) is 0. The lowest BCUT2D eigenvalue weighted by atomic mass is 10.0. The van der Waals surface area contributed by atoms with Gasteiger partial charge in [0.1, 0.15) is 5.76 Å². The molecule has 0 heterocycles. The number of hydrogen-bond donors (Lipinski definition) is 0. The van der Waals surface area contributed by atoms with E-state index in [4.69, 9.17) is 4.74 Å². The zero-order valence-electron chi connectivity index (χ0n) is 9.09. The van der Waals surface area contributed by atoms with E-state index in [0.717, 1.165) is 24.2 Å². The van der Waals surface area contributed by atoms with Crippen LogP contribution in [0.5, 0.6) is 0 Å². The lowest BCUT2D eigenvalue weighted by Crippen LogP contribution is -1.98. The monoisotopic (exact) mass is 184 g/mol. The number of allylic oxidation sites excluding steroid dienone is 2. The second-order valence-electron chi connectivity index (χ2n) is 3.69. The van der Waals surface area contributed by atoms with E-state index in [0.29, 0.717) is 12.4 Å². The second kappa shape index (κ2) is 6.70. The first kappa shape index (κ1) is 12.2. The van der Waals surface area contributed by atoms with Crippen LogP contribution < -0.4 is 0 Å². The van der Waals surface area contributed by atoms with Gasteiger partial charge in [-0.2, -0.15) is 0 Å². The highest BCUT2D eigenvalue weighted by Crippen LogP contribution is 2.17. The Morgan fingerprint density at radius 3 is 2.46 bits per heavy atom. The van der Waals surface area contributed by atoms with Crippen LogP contribution in [0.1, 0.15) is 47.0 Å².